The van der Waals surface area contributed by atoms with Gasteiger partial charge in [0.1, 0.15) is 11.6 Å². The van der Waals surface area contributed by atoms with Gasteiger partial charge in [0.05, 0.1) is 23.7 Å². The summed E-state index contributed by atoms with van der Waals surface area (Å²) >= 11 is 0. The Kier molecular flexibility index (Phi) is 5.38. The minimum atomic E-state index is -0.198. The van der Waals surface area contributed by atoms with Crippen molar-refractivity contribution in [2.24, 2.45) is 0 Å². The lowest BCUT2D eigenvalue weighted by Crippen LogP contribution is -2.24. The molecule has 144 valence electrons. The van der Waals surface area contributed by atoms with Crippen molar-refractivity contribution >= 4 is 28.6 Å². The van der Waals surface area contributed by atoms with Crippen molar-refractivity contribution in [3.63, 3.8) is 0 Å². The highest BCUT2D eigenvalue weighted by Crippen LogP contribution is 2.22. The maximum Gasteiger partial charge on any atom is 0.255 e. The maximum absolute atomic E-state index is 13.1. The number of hydrogen-bond donors (Lipinski definition) is 2. The molecule has 3 aromatic carbocycles. The standard InChI is InChI=1S/C24H21N3O2/c1-29-19-11-7-10-18(14-19)15-20(23-26-21-12-5-6-13-22(21)27-23)24(28)25-16-17-8-3-2-4-9-17/h2-15H,16H2,1H3,(H,25,28)(H,26,27). The van der Waals surface area contributed by atoms with E-state index < -0.39 is 0 Å². The van der Waals surface area contributed by atoms with Crippen molar-refractivity contribution in [2.45, 2.75) is 6.54 Å². The SMILES string of the molecule is COc1cccc(C=C(C(=O)NCc2ccccc2)c2nc3ccccc3[nH]2)c1. The van der Waals surface area contributed by atoms with Crippen LogP contribution in [-0.4, -0.2) is 23.0 Å². The van der Waals surface area contributed by atoms with Gasteiger partial charge in [0.15, 0.2) is 0 Å². The van der Waals surface area contributed by atoms with E-state index in [0.29, 0.717) is 17.9 Å². The van der Waals surface area contributed by atoms with Crippen LogP contribution in [0.5, 0.6) is 5.75 Å². The topological polar surface area (TPSA) is 67.0 Å². The summed E-state index contributed by atoms with van der Waals surface area (Å²) in [6.45, 7) is 0.440. The van der Waals surface area contributed by atoms with Gasteiger partial charge < -0.3 is 15.0 Å². The Morgan fingerprint density at radius 1 is 1.03 bits per heavy atom. The lowest BCUT2D eigenvalue weighted by Gasteiger charge is -2.08. The first kappa shape index (κ1) is 18.5. The molecule has 0 unspecified atom stereocenters. The predicted octanol–water partition coefficient (Wildman–Crippen LogP) is 4.43. The van der Waals surface area contributed by atoms with Gasteiger partial charge in [-0.3, -0.25) is 4.79 Å². The fourth-order valence-electron chi connectivity index (χ4n) is 3.09. The molecular formula is C24H21N3O2. The van der Waals surface area contributed by atoms with Gasteiger partial charge in [0.2, 0.25) is 0 Å². The molecule has 0 bridgehead atoms. The summed E-state index contributed by atoms with van der Waals surface area (Å²) < 4.78 is 5.30. The number of aromatic nitrogens is 2. The van der Waals surface area contributed by atoms with Gasteiger partial charge in [-0.2, -0.15) is 0 Å². The van der Waals surface area contributed by atoms with Crippen molar-refractivity contribution in [3.8, 4) is 5.75 Å². The third-order valence-corrected chi connectivity index (χ3v) is 4.59. The Labute approximate surface area is 169 Å². The molecule has 4 aromatic rings. The van der Waals surface area contributed by atoms with Crippen LogP contribution in [-0.2, 0) is 11.3 Å². The molecule has 0 aliphatic heterocycles. The number of nitrogens with one attached hydrogen (secondary N) is 2. The fraction of sp³-hybridized carbons (Fsp3) is 0.0833. The number of para-hydroxylation sites is 2. The molecule has 0 spiro atoms. The fourth-order valence-corrected chi connectivity index (χ4v) is 3.09. The largest absolute Gasteiger partial charge is 0.497 e. The van der Waals surface area contributed by atoms with E-state index in [1.807, 2.05) is 84.9 Å². The van der Waals surface area contributed by atoms with E-state index in [-0.39, 0.29) is 5.91 Å². The van der Waals surface area contributed by atoms with Gasteiger partial charge in [-0.05, 0) is 41.5 Å². The highest BCUT2D eigenvalue weighted by Gasteiger charge is 2.16. The van der Waals surface area contributed by atoms with Crippen molar-refractivity contribution in [1.82, 2.24) is 15.3 Å². The minimum Gasteiger partial charge on any atom is -0.497 e. The molecule has 1 amide bonds. The Morgan fingerprint density at radius 3 is 2.62 bits per heavy atom. The molecule has 0 atom stereocenters. The molecule has 5 nitrogen and oxygen atoms in total. The van der Waals surface area contributed by atoms with Crippen molar-refractivity contribution in [1.29, 1.82) is 0 Å². The van der Waals surface area contributed by atoms with Gasteiger partial charge in [-0.1, -0.05) is 54.6 Å². The normalized spacial score (nSPS) is 11.4. The molecule has 0 saturated heterocycles. The van der Waals surface area contributed by atoms with E-state index in [9.17, 15) is 4.79 Å². The number of H-pyrrole nitrogens is 1. The number of aromatic amines is 1. The summed E-state index contributed by atoms with van der Waals surface area (Å²) in [5.74, 6) is 1.06. The van der Waals surface area contributed by atoms with Gasteiger partial charge in [-0.25, -0.2) is 4.98 Å². The molecule has 5 heteroatoms. The van der Waals surface area contributed by atoms with Crippen LogP contribution in [0.25, 0.3) is 22.7 Å². The smallest absolute Gasteiger partial charge is 0.255 e. The third kappa shape index (κ3) is 4.35. The average Bonchev–Trinajstić information content (AvgIpc) is 3.20. The van der Waals surface area contributed by atoms with Crippen LogP contribution in [0, 0.1) is 0 Å². The van der Waals surface area contributed by atoms with Crippen LogP contribution in [0.2, 0.25) is 0 Å². The molecule has 0 radical (unpaired) electrons. The Bertz CT molecular complexity index is 1130. The summed E-state index contributed by atoms with van der Waals surface area (Å²) in [7, 11) is 1.62. The first-order valence-corrected chi connectivity index (χ1v) is 9.36. The van der Waals surface area contributed by atoms with Gasteiger partial charge >= 0.3 is 0 Å². The molecule has 1 aromatic heterocycles. The monoisotopic (exact) mass is 383 g/mol. The van der Waals surface area contributed by atoms with Gasteiger partial charge in [0.25, 0.3) is 5.91 Å². The van der Waals surface area contributed by atoms with E-state index in [0.717, 1.165) is 27.9 Å². The number of rotatable bonds is 6. The van der Waals surface area contributed by atoms with Crippen molar-refractivity contribution in [3.05, 3.63) is 95.8 Å². The van der Waals surface area contributed by atoms with Crippen LogP contribution >= 0.6 is 0 Å². The van der Waals surface area contributed by atoms with Crippen molar-refractivity contribution < 1.29 is 9.53 Å². The molecule has 0 aliphatic carbocycles. The highest BCUT2D eigenvalue weighted by atomic mass is 16.5. The summed E-state index contributed by atoms with van der Waals surface area (Å²) in [6.07, 6.45) is 1.82. The van der Waals surface area contributed by atoms with E-state index >= 15 is 0 Å². The zero-order valence-corrected chi connectivity index (χ0v) is 16.1. The molecule has 1 heterocycles. The molecule has 29 heavy (non-hydrogen) atoms. The molecule has 0 saturated carbocycles. The molecule has 2 N–H and O–H groups in total. The van der Waals surface area contributed by atoms with Crippen LogP contribution in [0.4, 0.5) is 0 Å². The Morgan fingerprint density at radius 2 is 1.83 bits per heavy atom. The summed E-state index contributed by atoms with van der Waals surface area (Å²) in [5.41, 5.74) is 4.05. The summed E-state index contributed by atoms with van der Waals surface area (Å²) in [4.78, 5) is 20.9. The maximum atomic E-state index is 13.1. The summed E-state index contributed by atoms with van der Waals surface area (Å²) in [5, 5.41) is 2.99. The predicted molar refractivity (Wildman–Crippen MR) is 115 cm³/mol. The van der Waals surface area contributed by atoms with Crippen LogP contribution in [0.15, 0.2) is 78.9 Å². The first-order valence-electron chi connectivity index (χ1n) is 9.36. The second-order valence-electron chi connectivity index (χ2n) is 6.61. The molecule has 0 aliphatic rings. The zero-order chi connectivity index (χ0) is 20.1. The summed E-state index contributed by atoms with van der Waals surface area (Å²) in [6, 6.07) is 25.1. The van der Waals surface area contributed by atoms with Crippen LogP contribution in [0.1, 0.15) is 17.0 Å². The Hall–Kier alpha value is -3.86. The second-order valence-corrected chi connectivity index (χ2v) is 6.61. The van der Waals surface area contributed by atoms with Gasteiger partial charge in [-0.15, -0.1) is 0 Å². The highest BCUT2D eigenvalue weighted by molar-refractivity contribution is 6.23. The van der Waals surface area contributed by atoms with E-state index in [4.69, 9.17) is 4.74 Å². The lowest BCUT2D eigenvalue weighted by atomic mass is 10.1. The number of nitrogens with zero attached hydrogens (tertiary/aromatic N) is 1. The zero-order valence-electron chi connectivity index (χ0n) is 16.1. The second kappa shape index (κ2) is 8.44. The number of methoxy groups -OCH3 is 1. The molecular weight excluding hydrogens is 362 g/mol. The number of ether oxygens (including phenoxy) is 1. The van der Waals surface area contributed by atoms with Crippen molar-refractivity contribution in [2.75, 3.05) is 7.11 Å². The number of hydrogen-bond acceptors (Lipinski definition) is 3. The average molecular weight is 383 g/mol. The van der Waals surface area contributed by atoms with Crippen LogP contribution < -0.4 is 10.1 Å². The van der Waals surface area contributed by atoms with Crippen LogP contribution in [0.3, 0.4) is 0 Å². The van der Waals surface area contributed by atoms with E-state index in [2.05, 4.69) is 15.3 Å². The Balaban J connectivity index is 1.69. The number of amides is 1. The quantitative estimate of drug-likeness (QED) is 0.484. The number of carbonyl (C=O) groups is 1. The van der Waals surface area contributed by atoms with Gasteiger partial charge in [0, 0.05) is 6.54 Å². The molecule has 0 fully saturated rings. The number of benzene rings is 3. The minimum absolute atomic E-state index is 0.198. The number of imidazole rings is 1. The third-order valence-electron chi connectivity index (χ3n) is 4.59. The lowest BCUT2D eigenvalue weighted by molar-refractivity contribution is -0.115. The number of carbonyl (C=O) groups excluding carboxylic acids is 1. The van der Waals surface area contributed by atoms with E-state index in [1.165, 1.54) is 0 Å². The first-order chi connectivity index (χ1) is 14.2. The van der Waals surface area contributed by atoms with E-state index in [1.54, 1.807) is 7.11 Å². The molecule has 4 rings (SSSR count). The number of fused-ring (bicyclic) bond motifs is 1.